The molecule has 14 heteroatoms. The maximum atomic E-state index is 11.7. The number of aromatic nitrogens is 3. The van der Waals surface area contributed by atoms with E-state index in [9.17, 15) is 13.0 Å². The Morgan fingerprint density at radius 3 is 2.62 bits per heavy atom. The zero-order chi connectivity index (χ0) is 21.4. The van der Waals surface area contributed by atoms with E-state index in [0.717, 1.165) is 18.9 Å². The summed E-state index contributed by atoms with van der Waals surface area (Å²) < 4.78 is 37.1. The van der Waals surface area contributed by atoms with E-state index in [-0.39, 0.29) is 23.5 Å². The Morgan fingerprint density at radius 2 is 1.97 bits per heavy atom. The summed E-state index contributed by atoms with van der Waals surface area (Å²) in [5, 5.41) is 17.5. The maximum absolute atomic E-state index is 11.7. The molecule has 160 valence electrons. The van der Waals surface area contributed by atoms with Gasteiger partial charge in [-0.15, -0.1) is 4.33 Å². The number of hydrogen-bond acceptors (Lipinski definition) is 12. The third kappa shape index (κ3) is 7.60. The van der Waals surface area contributed by atoms with Crippen molar-refractivity contribution in [1.82, 2.24) is 15.0 Å². The van der Waals surface area contributed by atoms with Crippen LogP contribution in [0.1, 0.15) is 26.7 Å². The number of hydrogen-bond donors (Lipinski definition) is 5. The number of benzene rings is 1. The van der Waals surface area contributed by atoms with Gasteiger partial charge in [-0.1, -0.05) is 18.9 Å². The molecule has 0 aliphatic carbocycles. The molecular formula is C15H22N6O6S2. The average Bonchev–Trinajstić information content (AvgIpc) is 2.62. The lowest BCUT2D eigenvalue weighted by molar-refractivity contribution is -0.432. The molecule has 29 heavy (non-hydrogen) atoms. The van der Waals surface area contributed by atoms with Crippen LogP contribution in [0.15, 0.2) is 28.0 Å². The monoisotopic (exact) mass is 446 g/mol. The molecule has 0 aliphatic heterocycles. The third-order valence-electron chi connectivity index (χ3n) is 3.53. The average molecular weight is 447 g/mol. The van der Waals surface area contributed by atoms with Crippen molar-refractivity contribution in [3.8, 4) is 0 Å². The summed E-state index contributed by atoms with van der Waals surface area (Å²) in [5.74, 6) is 0.682. The van der Waals surface area contributed by atoms with Crippen LogP contribution in [-0.2, 0) is 19.5 Å². The molecule has 0 saturated carbocycles. The van der Waals surface area contributed by atoms with Crippen molar-refractivity contribution in [2.75, 3.05) is 22.9 Å². The molecule has 0 saturated heterocycles. The highest BCUT2D eigenvalue weighted by Crippen LogP contribution is 2.30. The Kier molecular flexibility index (Phi) is 8.36. The molecule has 6 N–H and O–H groups in total. The maximum Gasteiger partial charge on any atom is 0.296 e. The predicted molar refractivity (Wildman–Crippen MR) is 107 cm³/mol. The molecule has 2 rings (SSSR count). The number of nitrogens with zero attached hydrogens (tertiary/aromatic N) is 3. The number of nitrogens with one attached hydrogen (secondary N) is 2. The van der Waals surface area contributed by atoms with E-state index in [1.54, 1.807) is 0 Å². The summed E-state index contributed by atoms with van der Waals surface area (Å²) in [6.45, 7) is 4.88. The normalized spacial score (nSPS) is 11.6. The minimum atomic E-state index is -4.55. The molecule has 1 heterocycles. The molecule has 0 amide bonds. The SMILES string of the molecule is CC(C)CCCNc1nc(N)nc(Nc2cc(SOOO)ccc2S(=O)(=O)O)n1. The van der Waals surface area contributed by atoms with E-state index < -0.39 is 15.0 Å². The zero-order valence-corrected chi connectivity index (χ0v) is 17.3. The van der Waals surface area contributed by atoms with E-state index >= 15 is 0 Å². The largest absolute Gasteiger partial charge is 0.368 e. The third-order valence-corrected chi connectivity index (χ3v) is 5.02. The van der Waals surface area contributed by atoms with Crippen LogP contribution in [-0.4, -0.2) is 39.7 Å². The molecule has 0 radical (unpaired) electrons. The van der Waals surface area contributed by atoms with Crippen LogP contribution in [0.3, 0.4) is 0 Å². The molecule has 0 aliphatic rings. The first-order chi connectivity index (χ1) is 13.7. The van der Waals surface area contributed by atoms with E-state index in [4.69, 9.17) is 11.0 Å². The van der Waals surface area contributed by atoms with Crippen molar-refractivity contribution < 1.29 is 27.6 Å². The van der Waals surface area contributed by atoms with Crippen molar-refractivity contribution in [2.24, 2.45) is 5.92 Å². The number of rotatable bonds is 11. The van der Waals surface area contributed by atoms with Gasteiger partial charge in [0.2, 0.25) is 17.8 Å². The molecule has 0 spiro atoms. The van der Waals surface area contributed by atoms with Crippen molar-refractivity contribution in [3.05, 3.63) is 18.2 Å². The van der Waals surface area contributed by atoms with E-state index in [1.807, 2.05) is 0 Å². The Labute approximate surface area is 172 Å². The summed E-state index contributed by atoms with van der Waals surface area (Å²) in [7, 11) is -4.55. The van der Waals surface area contributed by atoms with Gasteiger partial charge in [0.05, 0.1) is 17.7 Å². The zero-order valence-electron chi connectivity index (χ0n) is 15.7. The highest BCUT2D eigenvalue weighted by Gasteiger charge is 2.18. The predicted octanol–water partition coefficient (Wildman–Crippen LogP) is 2.72. The van der Waals surface area contributed by atoms with Crippen LogP contribution < -0.4 is 16.4 Å². The first-order valence-corrected chi connectivity index (χ1v) is 10.7. The van der Waals surface area contributed by atoms with Gasteiger partial charge in [0.1, 0.15) is 4.90 Å². The van der Waals surface area contributed by atoms with Crippen molar-refractivity contribution >= 4 is 45.7 Å². The number of nitrogens with two attached hydrogens (primary N) is 1. The first kappa shape index (κ1) is 23.1. The van der Waals surface area contributed by atoms with Crippen LogP contribution in [0.4, 0.5) is 23.5 Å². The van der Waals surface area contributed by atoms with E-state index in [0.29, 0.717) is 29.4 Å². The molecule has 2 aromatic rings. The van der Waals surface area contributed by atoms with Crippen LogP contribution in [0, 0.1) is 5.92 Å². The smallest absolute Gasteiger partial charge is 0.296 e. The van der Waals surface area contributed by atoms with Gasteiger partial charge in [-0.3, -0.25) is 4.55 Å². The number of anilines is 4. The summed E-state index contributed by atoms with van der Waals surface area (Å²) >= 11 is 0.608. The quantitative estimate of drug-likeness (QED) is 0.112. The molecule has 1 aromatic heterocycles. The molecule has 0 bridgehead atoms. The lowest BCUT2D eigenvalue weighted by Crippen LogP contribution is -2.12. The second kappa shape index (κ2) is 10.5. The molecule has 12 nitrogen and oxygen atoms in total. The Bertz CT molecular complexity index is 928. The Balaban J connectivity index is 2.25. The van der Waals surface area contributed by atoms with Gasteiger partial charge in [0, 0.05) is 11.4 Å². The van der Waals surface area contributed by atoms with E-state index in [2.05, 4.69) is 48.8 Å². The summed E-state index contributed by atoms with van der Waals surface area (Å²) in [6, 6.07) is 3.79. The lowest BCUT2D eigenvalue weighted by atomic mass is 10.1. The summed E-state index contributed by atoms with van der Waals surface area (Å²) in [6.07, 6.45) is 1.94. The fraction of sp³-hybridized carbons (Fsp3) is 0.400. The number of nitrogen functional groups attached to an aromatic ring is 1. The van der Waals surface area contributed by atoms with Gasteiger partial charge in [-0.05, 0) is 37.0 Å². The van der Waals surface area contributed by atoms with Crippen molar-refractivity contribution in [2.45, 2.75) is 36.5 Å². The van der Waals surface area contributed by atoms with Gasteiger partial charge in [-0.25, -0.2) is 5.26 Å². The van der Waals surface area contributed by atoms with Gasteiger partial charge in [-0.2, -0.15) is 23.4 Å². The second-order valence-corrected chi connectivity index (χ2v) is 8.45. The Morgan fingerprint density at radius 1 is 1.24 bits per heavy atom. The summed E-state index contributed by atoms with van der Waals surface area (Å²) in [4.78, 5) is 12.0. The first-order valence-electron chi connectivity index (χ1n) is 8.47. The molecule has 0 atom stereocenters. The molecule has 1 aromatic carbocycles. The van der Waals surface area contributed by atoms with Gasteiger partial charge >= 0.3 is 0 Å². The van der Waals surface area contributed by atoms with Crippen molar-refractivity contribution in [3.63, 3.8) is 0 Å². The summed E-state index contributed by atoms with van der Waals surface area (Å²) in [5.41, 5.74) is 5.66. The van der Waals surface area contributed by atoms with Crippen LogP contribution >= 0.6 is 12.0 Å². The van der Waals surface area contributed by atoms with Gasteiger partial charge < -0.3 is 16.4 Å². The van der Waals surface area contributed by atoms with Crippen molar-refractivity contribution in [1.29, 1.82) is 0 Å². The molecule has 0 fully saturated rings. The van der Waals surface area contributed by atoms with Gasteiger partial charge in [0.25, 0.3) is 10.1 Å². The van der Waals surface area contributed by atoms with E-state index in [1.165, 1.54) is 12.1 Å². The fourth-order valence-electron chi connectivity index (χ4n) is 2.30. The van der Waals surface area contributed by atoms with Gasteiger partial charge in [0.15, 0.2) is 0 Å². The minimum Gasteiger partial charge on any atom is -0.368 e. The second-order valence-electron chi connectivity index (χ2n) is 6.29. The highest BCUT2D eigenvalue weighted by atomic mass is 32.2. The van der Waals surface area contributed by atoms with Crippen LogP contribution in [0.2, 0.25) is 0 Å². The minimum absolute atomic E-state index is 0.0322. The van der Waals surface area contributed by atoms with Crippen LogP contribution in [0.25, 0.3) is 0 Å². The Hall–Kier alpha value is -2.23. The molecular weight excluding hydrogens is 424 g/mol. The fourth-order valence-corrected chi connectivity index (χ4v) is 3.32. The molecule has 0 unspecified atom stereocenters. The van der Waals surface area contributed by atoms with Crippen LogP contribution in [0.5, 0.6) is 0 Å². The lowest BCUT2D eigenvalue weighted by Gasteiger charge is -2.12. The standard InChI is InChI=1S/C15H22N6O6S2/c1-9(2)4-3-7-17-14-19-13(16)20-15(21-14)18-11-8-10(28-27-26-22)5-6-12(11)29(23,24)25/h5-6,8-9,22H,3-4,7H2,1-2H3,(H,23,24,25)(H4,16,17,18,19,20,21). The highest BCUT2D eigenvalue weighted by molar-refractivity contribution is 7.94. The topological polar surface area (TPSA) is 182 Å².